The van der Waals surface area contributed by atoms with Crippen molar-refractivity contribution in [2.75, 3.05) is 25.5 Å². The van der Waals surface area contributed by atoms with E-state index in [2.05, 4.69) is 5.32 Å². The highest BCUT2D eigenvalue weighted by Crippen LogP contribution is 2.16. The first-order valence-electron chi connectivity index (χ1n) is 5.83. The molecule has 19 heavy (non-hydrogen) atoms. The van der Waals surface area contributed by atoms with Crippen LogP contribution in [0.5, 0.6) is 0 Å². The zero-order valence-corrected chi connectivity index (χ0v) is 11.2. The summed E-state index contributed by atoms with van der Waals surface area (Å²) < 4.78 is 26.3. The fourth-order valence-electron chi connectivity index (χ4n) is 1.33. The van der Waals surface area contributed by atoms with Gasteiger partial charge in [-0.05, 0) is 33.0 Å². The van der Waals surface area contributed by atoms with E-state index in [4.69, 9.17) is 5.11 Å². The van der Waals surface area contributed by atoms with E-state index in [1.165, 1.54) is 0 Å². The van der Waals surface area contributed by atoms with Gasteiger partial charge in [0.2, 0.25) is 5.91 Å². The normalized spacial score (nSPS) is 11.7. The van der Waals surface area contributed by atoms with Crippen LogP contribution in [0.2, 0.25) is 0 Å². The number of benzene rings is 1. The van der Waals surface area contributed by atoms with Crippen molar-refractivity contribution in [2.24, 2.45) is 0 Å². The summed E-state index contributed by atoms with van der Waals surface area (Å²) in [4.78, 5) is 13.4. The lowest BCUT2D eigenvalue weighted by molar-refractivity contribution is -0.118. The predicted molar refractivity (Wildman–Crippen MR) is 68.8 cm³/mol. The topological polar surface area (TPSA) is 52.6 Å². The SMILES string of the molecule is CN(CC(=O)Nc1cc(F)ccc1F)C(C)(C)CO. The highest BCUT2D eigenvalue weighted by atomic mass is 19.1. The first-order valence-corrected chi connectivity index (χ1v) is 5.83. The number of nitrogens with one attached hydrogen (secondary N) is 1. The number of hydrogen-bond acceptors (Lipinski definition) is 3. The van der Waals surface area contributed by atoms with Crippen molar-refractivity contribution in [3.63, 3.8) is 0 Å². The van der Waals surface area contributed by atoms with Crippen LogP contribution in [0.1, 0.15) is 13.8 Å². The fraction of sp³-hybridized carbons (Fsp3) is 0.462. The van der Waals surface area contributed by atoms with E-state index in [0.717, 1.165) is 18.2 Å². The van der Waals surface area contributed by atoms with Crippen LogP contribution in [0.4, 0.5) is 14.5 Å². The van der Waals surface area contributed by atoms with Crippen LogP contribution < -0.4 is 5.32 Å². The van der Waals surface area contributed by atoms with E-state index in [1.54, 1.807) is 25.8 Å². The lowest BCUT2D eigenvalue weighted by Crippen LogP contribution is -2.47. The Kier molecular flexibility index (Phi) is 4.97. The third-order valence-corrected chi connectivity index (χ3v) is 3.00. The van der Waals surface area contributed by atoms with Gasteiger partial charge in [-0.2, -0.15) is 0 Å². The number of amides is 1. The van der Waals surface area contributed by atoms with Crippen molar-refractivity contribution in [1.29, 1.82) is 0 Å². The summed E-state index contributed by atoms with van der Waals surface area (Å²) in [5.74, 6) is -1.80. The molecule has 0 saturated carbocycles. The number of anilines is 1. The Morgan fingerprint density at radius 2 is 2.05 bits per heavy atom. The largest absolute Gasteiger partial charge is 0.394 e. The molecule has 0 bridgehead atoms. The molecule has 0 aliphatic carbocycles. The van der Waals surface area contributed by atoms with Crippen LogP contribution in [-0.2, 0) is 4.79 Å². The number of aliphatic hydroxyl groups is 1. The Morgan fingerprint density at radius 1 is 1.42 bits per heavy atom. The molecule has 0 aliphatic rings. The number of halogens is 2. The molecule has 0 radical (unpaired) electrons. The molecule has 1 rings (SSSR count). The van der Waals surface area contributed by atoms with Crippen molar-refractivity contribution in [2.45, 2.75) is 19.4 Å². The van der Waals surface area contributed by atoms with Crippen LogP contribution in [0, 0.1) is 11.6 Å². The van der Waals surface area contributed by atoms with E-state index in [0.29, 0.717) is 0 Å². The van der Waals surface area contributed by atoms with Gasteiger partial charge in [0, 0.05) is 11.6 Å². The molecule has 0 spiro atoms. The Balaban J connectivity index is 2.68. The van der Waals surface area contributed by atoms with E-state index in [1.807, 2.05) is 0 Å². The van der Waals surface area contributed by atoms with Gasteiger partial charge in [0.05, 0.1) is 18.8 Å². The summed E-state index contributed by atoms with van der Waals surface area (Å²) >= 11 is 0. The van der Waals surface area contributed by atoms with Crippen LogP contribution >= 0.6 is 0 Å². The lowest BCUT2D eigenvalue weighted by atomic mass is 10.1. The van der Waals surface area contributed by atoms with E-state index >= 15 is 0 Å². The van der Waals surface area contributed by atoms with Crippen molar-refractivity contribution >= 4 is 11.6 Å². The lowest BCUT2D eigenvalue weighted by Gasteiger charge is -2.33. The summed E-state index contributed by atoms with van der Waals surface area (Å²) in [5, 5.41) is 11.5. The quantitative estimate of drug-likeness (QED) is 0.856. The Bertz CT molecular complexity index is 464. The average molecular weight is 272 g/mol. The van der Waals surface area contributed by atoms with Gasteiger partial charge in [0.1, 0.15) is 11.6 Å². The third kappa shape index (κ3) is 4.25. The van der Waals surface area contributed by atoms with Gasteiger partial charge in [0.15, 0.2) is 0 Å². The minimum absolute atomic E-state index is 0.0382. The average Bonchev–Trinajstić information content (AvgIpc) is 2.33. The van der Waals surface area contributed by atoms with Crippen LogP contribution in [0.15, 0.2) is 18.2 Å². The zero-order chi connectivity index (χ0) is 14.6. The Hall–Kier alpha value is -1.53. The highest BCUT2D eigenvalue weighted by Gasteiger charge is 2.24. The molecule has 1 aromatic rings. The van der Waals surface area contributed by atoms with E-state index in [9.17, 15) is 13.6 Å². The maximum Gasteiger partial charge on any atom is 0.238 e. The molecule has 0 aliphatic heterocycles. The molecule has 6 heteroatoms. The molecular weight excluding hydrogens is 254 g/mol. The van der Waals surface area contributed by atoms with Gasteiger partial charge in [0.25, 0.3) is 0 Å². The van der Waals surface area contributed by atoms with Crippen LogP contribution in [0.25, 0.3) is 0 Å². The molecule has 0 atom stereocenters. The molecule has 106 valence electrons. The minimum atomic E-state index is -0.696. The number of aliphatic hydroxyl groups excluding tert-OH is 1. The van der Waals surface area contributed by atoms with Gasteiger partial charge >= 0.3 is 0 Å². The molecule has 1 aromatic carbocycles. The first kappa shape index (κ1) is 15.5. The Labute approximate surface area is 111 Å². The molecule has 0 saturated heterocycles. The van der Waals surface area contributed by atoms with Gasteiger partial charge in [-0.25, -0.2) is 8.78 Å². The smallest absolute Gasteiger partial charge is 0.238 e. The second-order valence-electron chi connectivity index (χ2n) is 5.00. The molecule has 0 unspecified atom stereocenters. The van der Waals surface area contributed by atoms with Crippen molar-refractivity contribution in [3.05, 3.63) is 29.8 Å². The number of rotatable bonds is 5. The first-order chi connectivity index (χ1) is 8.76. The van der Waals surface area contributed by atoms with Gasteiger partial charge in [-0.3, -0.25) is 9.69 Å². The number of hydrogen-bond donors (Lipinski definition) is 2. The molecule has 0 aromatic heterocycles. The number of nitrogens with zero attached hydrogens (tertiary/aromatic N) is 1. The second kappa shape index (κ2) is 6.08. The van der Waals surface area contributed by atoms with Crippen molar-refractivity contribution in [3.8, 4) is 0 Å². The molecule has 0 heterocycles. The summed E-state index contributed by atoms with van der Waals surface area (Å²) in [7, 11) is 1.66. The monoisotopic (exact) mass is 272 g/mol. The molecule has 4 nitrogen and oxygen atoms in total. The Morgan fingerprint density at radius 3 is 2.63 bits per heavy atom. The maximum atomic E-state index is 13.3. The van der Waals surface area contributed by atoms with Gasteiger partial charge in [-0.15, -0.1) is 0 Å². The number of carbonyl (C=O) groups excluding carboxylic acids is 1. The minimum Gasteiger partial charge on any atom is -0.394 e. The zero-order valence-electron chi connectivity index (χ0n) is 11.2. The van der Waals surface area contributed by atoms with Crippen LogP contribution in [0.3, 0.4) is 0 Å². The molecule has 0 fully saturated rings. The number of likely N-dealkylation sites (N-methyl/N-ethyl adjacent to an activating group) is 1. The van der Waals surface area contributed by atoms with Crippen LogP contribution in [-0.4, -0.2) is 41.7 Å². The second-order valence-corrected chi connectivity index (χ2v) is 5.00. The highest BCUT2D eigenvalue weighted by molar-refractivity contribution is 5.92. The molecule has 1 amide bonds. The maximum absolute atomic E-state index is 13.3. The summed E-state index contributed by atoms with van der Waals surface area (Å²) in [6.07, 6.45) is 0. The fourth-order valence-corrected chi connectivity index (χ4v) is 1.33. The van der Waals surface area contributed by atoms with Gasteiger partial charge < -0.3 is 10.4 Å². The predicted octanol–water partition coefficient (Wildman–Crippen LogP) is 1.61. The van der Waals surface area contributed by atoms with E-state index in [-0.39, 0.29) is 18.8 Å². The van der Waals surface area contributed by atoms with Gasteiger partial charge in [-0.1, -0.05) is 0 Å². The van der Waals surface area contributed by atoms with Crippen molar-refractivity contribution < 1.29 is 18.7 Å². The summed E-state index contributed by atoms with van der Waals surface area (Å²) in [6, 6.07) is 2.85. The van der Waals surface area contributed by atoms with E-state index < -0.39 is 23.1 Å². The third-order valence-electron chi connectivity index (χ3n) is 3.00. The summed E-state index contributed by atoms with van der Waals surface area (Å²) in [6.45, 7) is 3.38. The standard InChI is InChI=1S/C13H18F2N2O2/c1-13(2,8-18)17(3)7-12(19)16-11-6-9(14)4-5-10(11)15/h4-6,18H,7-8H2,1-3H3,(H,16,19). The molecule has 2 N–H and O–H groups in total. The summed E-state index contributed by atoms with van der Waals surface area (Å²) in [5.41, 5.74) is -0.766. The molecular formula is C13H18F2N2O2. The van der Waals surface area contributed by atoms with Crippen molar-refractivity contribution in [1.82, 2.24) is 4.90 Å². The number of carbonyl (C=O) groups is 1.